The van der Waals surface area contributed by atoms with Crippen molar-refractivity contribution in [1.82, 2.24) is 5.32 Å². The molecule has 2 saturated heterocycles. The Balaban J connectivity index is 1.51. The zero-order valence-electron chi connectivity index (χ0n) is 12.5. The van der Waals surface area contributed by atoms with Gasteiger partial charge < -0.3 is 10.1 Å². The molecule has 0 amide bonds. The Kier molecular flexibility index (Phi) is 3.81. The van der Waals surface area contributed by atoms with Gasteiger partial charge in [0.1, 0.15) is 11.9 Å². The molecule has 0 aliphatic carbocycles. The van der Waals surface area contributed by atoms with E-state index in [1.54, 1.807) is 0 Å². The maximum atomic E-state index is 6.26. The van der Waals surface area contributed by atoms with Crippen LogP contribution in [0.5, 0.6) is 5.75 Å². The Morgan fingerprint density at radius 3 is 2.36 bits per heavy atom. The van der Waals surface area contributed by atoms with Crippen LogP contribution in [0.4, 0.5) is 0 Å². The Morgan fingerprint density at radius 2 is 1.64 bits per heavy atom. The van der Waals surface area contributed by atoms with Crippen LogP contribution in [0.25, 0.3) is 11.1 Å². The third kappa shape index (κ3) is 2.99. The van der Waals surface area contributed by atoms with E-state index in [4.69, 9.17) is 16.3 Å². The second kappa shape index (κ2) is 5.94. The van der Waals surface area contributed by atoms with Crippen LogP contribution < -0.4 is 10.1 Å². The highest BCUT2D eigenvalue weighted by molar-refractivity contribution is 6.30. The van der Waals surface area contributed by atoms with Gasteiger partial charge in [0.05, 0.1) is 0 Å². The Labute approximate surface area is 136 Å². The number of nitrogens with one attached hydrogen (secondary N) is 1. The summed E-state index contributed by atoms with van der Waals surface area (Å²) in [6.45, 7) is 0. The van der Waals surface area contributed by atoms with Crippen LogP contribution in [0.3, 0.4) is 0 Å². The molecule has 4 rings (SSSR count). The first-order chi connectivity index (χ1) is 10.8. The van der Waals surface area contributed by atoms with Crippen molar-refractivity contribution >= 4 is 11.6 Å². The SMILES string of the molecule is Clc1ccc(-c2cccc(O[C@@H]3C[C@H]4CC[C@@H](C3)N4)c2)cc1. The van der Waals surface area contributed by atoms with Gasteiger partial charge in [-0.2, -0.15) is 0 Å². The van der Waals surface area contributed by atoms with Gasteiger partial charge in [-0.25, -0.2) is 0 Å². The van der Waals surface area contributed by atoms with E-state index in [-0.39, 0.29) is 0 Å². The molecular weight excluding hydrogens is 294 g/mol. The number of rotatable bonds is 3. The van der Waals surface area contributed by atoms with Gasteiger partial charge in [0, 0.05) is 17.1 Å². The summed E-state index contributed by atoms with van der Waals surface area (Å²) < 4.78 is 6.26. The predicted molar refractivity (Wildman–Crippen MR) is 90.5 cm³/mol. The highest BCUT2D eigenvalue weighted by atomic mass is 35.5. The van der Waals surface area contributed by atoms with Crippen molar-refractivity contribution in [3.05, 3.63) is 53.6 Å². The topological polar surface area (TPSA) is 21.3 Å². The van der Waals surface area contributed by atoms with Gasteiger partial charge in [-0.15, -0.1) is 0 Å². The van der Waals surface area contributed by atoms with Crippen molar-refractivity contribution in [3.8, 4) is 16.9 Å². The van der Waals surface area contributed by atoms with E-state index < -0.39 is 0 Å². The van der Waals surface area contributed by atoms with Gasteiger partial charge in [0.2, 0.25) is 0 Å². The zero-order chi connectivity index (χ0) is 14.9. The monoisotopic (exact) mass is 313 g/mol. The molecule has 2 aromatic rings. The first-order valence-electron chi connectivity index (χ1n) is 8.05. The summed E-state index contributed by atoms with van der Waals surface area (Å²) in [7, 11) is 0. The molecule has 0 aromatic heterocycles. The molecule has 0 unspecified atom stereocenters. The summed E-state index contributed by atoms with van der Waals surface area (Å²) in [6, 6.07) is 17.6. The maximum absolute atomic E-state index is 6.26. The standard InChI is InChI=1S/C19H20ClNO/c20-15-6-4-13(5-7-15)14-2-1-3-18(10-14)22-19-11-16-8-9-17(12-19)21-16/h1-7,10,16-17,19,21H,8-9,11-12H2/t16-,17+,19-. The predicted octanol–water partition coefficient (Wildman–Crippen LogP) is 4.67. The lowest BCUT2D eigenvalue weighted by molar-refractivity contribution is 0.137. The van der Waals surface area contributed by atoms with Crippen LogP contribution in [0.15, 0.2) is 48.5 Å². The summed E-state index contributed by atoms with van der Waals surface area (Å²) in [5.74, 6) is 0.971. The molecule has 114 valence electrons. The van der Waals surface area contributed by atoms with Crippen molar-refractivity contribution in [2.75, 3.05) is 0 Å². The minimum atomic E-state index is 0.346. The van der Waals surface area contributed by atoms with Crippen molar-refractivity contribution in [2.45, 2.75) is 43.9 Å². The number of halogens is 1. The highest BCUT2D eigenvalue weighted by Crippen LogP contribution is 2.31. The molecule has 2 aliphatic heterocycles. The molecular formula is C19H20ClNO. The number of fused-ring (bicyclic) bond motifs is 2. The van der Waals surface area contributed by atoms with Crippen LogP contribution in [0.1, 0.15) is 25.7 Å². The number of ether oxygens (including phenoxy) is 1. The van der Waals surface area contributed by atoms with E-state index >= 15 is 0 Å². The van der Waals surface area contributed by atoms with Gasteiger partial charge in [-0.1, -0.05) is 35.9 Å². The lowest BCUT2D eigenvalue weighted by atomic mass is 10.0. The quantitative estimate of drug-likeness (QED) is 0.889. The van der Waals surface area contributed by atoms with E-state index in [1.165, 1.54) is 24.0 Å². The molecule has 1 N–H and O–H groups in total. The van der Waals surface area contributed by atoms with Gasteiger partial charge in [0.15, 0.2) is 0 Å². The normalized spacial score (nSPS) is 26.9. The molecule has 22 heavy (non-hydrogen) atoms. The number of piperidine rings is 1. The second-order valence-corrected chi connectivity index (χ2v) is 6.82. The van der Waals surface area contributed by atoms with E-state index in [0.29, 0.717) is 18.2 Å². The third-order valence-corrected chi connectivity index (χ3v) is 5.00. The summed E-state index contributed by atoms with van der Waals surface area (Å²) in [4.78, 5) is 0. The third-order valence-electron chi connectivity index (χ3n) is 4.74. The molecule has 2 aromatic carbocycles. The Morgan fingerprint density at radius 1 is 0.909 bits per heavy atom. The average molecular weight is 314 g/mol. The maximum Gasteiger partial charge on any atom is 0.120 e. The Bertz CT molecular complexity index is 643. The molecule has 2 heterocycles. The van der Waals surface area contributed by atoms with Gasteiger partial charge in [-0.05, 0) is 61.1 Å². The van der Waals surface area contributed by atoms with E-state index in [0.717, 1.165) is 23.6 Å². The van der Waals surface area contributed by atoms with Crippen LogP contribution in [0.2, 0.25) is 5.02 Å². The molecule has 0 saturated carbocycles. The van der Waals surface area contributed by atoms with E-state index in [2.05, 4.69) is 29.6 Å². The second-order valence-electron chi connectivity index (χ2n) is 6.38. The fraction of sp³-hybridized carbons (Fsp3) is 0.368. The first kappa shape index (κ1) is 14.1. The van der Waals surface area contributed by atoms with E-state index in [9.17, 15) is 0 Å². The summed E-state index contributed by atoms with van der Waals surface area (Å²) in [5.41, 5.74) is 2.34. The molecule has 3 atom stereocenters. The molecule has 3 heteroatoms. The van der Waals surface area contributed by atoms with Gasteiger partial charge in [0.25, 0.3) is 0 Å². The van der Waals surface area contributed by atoms with Crippen LogP contribution in [-0.2, 0) is 0 Å². The molecule has 0 spiro atoms. The number of benzene rings is 2. The summed E-state index contributed by atoms with van der Waals surface area (Å²) in [5, 5.41) is 4.42. The van der Waals surface area contributed by atoms with Crippen molar-refractivity contribution in [3.63, 3.8) is 0 Å². The number of hydrogen-bond acceptors (Lipinski definition) is 2. The van der Waals surface area contributed by atoms with Crippen molar-refractivity contribution < 1.29 is 4.74 Å². The van der Waals surface area contributed by atoms with Gasteiger partial charge >= 0.3 is 0 Å². The van der Waals surface area contributed by atoms with Crippen molar-refractivity contribution in [1.29, 1.82) is 0 Å². The van der Waals surface area contributed by atoms with Crippen LogP contribution in [0, 0.1) is 0 Å². The molecule has 2 aliphatic rings. The zero-order valence-corrected chi connectivity index (χ0v) is 13.2. The molecule has 0 radical (unpaired) electrons. The fourth-order valence-corrected chi connectivity index (χ4v) is 3.81. The minimum Gasteiger partial charge on any atom is -0.490 e. The lowest BCUT2D eigenvalue weighted by Crippen LogP contribution is -2.42. The smallest absolute Gasteiger partial charge is 0.120 e. The Hall–Kier alpha value is -1.51. The summed E-state index contributed by atoms with van der Waals surface area (Å²) >= 11 is 5.96. The highest BCUT2D eigenvalue weighted by Gasteiger charge is 2.34. The van der Waals surface area contributed by atoms with E-state index in [1.807, 2.05) is 24.3 Å². The summed E-state index contributed by atoms with van der Waals surface area (Å²) in [6.07, 6.45) is 5.20. The average Bonchev–Trinajstić information content (AvgIpc) is 2.87. The molecule has 2 nitrogen and oxygen atoms in total. The van der Waals surface area contributed by atoms with Crippen LogP contribution in [-0.4, -0.2) is 18.2 Å². The van der Waals surface area contributed by atoms with Gasteiger partial charge in [-0.3, -0.25) is 0 Å². The lowest BCUT2D eigenvalue weighted by Gasteiger charge is -2.29. The first-order valence-corrected chi connectivity index (χ1v) is 8.43. The van der Waals surface area contributed by atoms with Crippen molar-refractivity contribution in [2.24, 2.45) is 0 Å². The fourth-order valence-electron chi connectivity index (χ4n) is 3.69. The minimum absolute atomic E-state index is 0.346. The largest absolute Gasteiger partial charge is 0.490 e. The van der Waals surface area contributed by atoms with Crippen LogP contribution >= 0.6 is 11.6 Å². The molecule has 2 fully saturated rings. The molecule has 2 bridgehead atoms. The number of hydrogen-bond donors (Lipinski definition) is 1.